The minimum atomic E-state index is -1.04. The molecule has 2 heterocycles. The van der Waals surface area contributed by atoms with E-state index in [-0.39, 0.29) is 17.0 Å². The van der Waals surface area contributed by atoms with Crippen molar-refractivity contribution in [3.05, 3.63) is 58.0 Å². The van der Waals surface area contributed by atoms with Crippen LogP contribution < -0.4 is 20.8 Å². The van der Waals surface area contributed by atoms with Crippen LogP contribution in [0, 0.1) is 11.8 Å². The van der Waals surface area contributed by atoms with Crippen LogP contribution in [0.5, 0.6) is 5.75 Å². The number of aromatic amines is 1. The molecule has 0 bridgehead atoms. The molecule has 0 radical (unpaired) electrons. The largest absolute Gasteiger partial charge is 0.491 e. The number of ether oxygens (including phenoxy) is 1. The van der Waals surface area contributed by atoms with E-state index in [1.165, 1.54) is 12.3 Å². The van der Waals surface area contributed by atoms with Crippen molar-refractivity contribution < 1.29 is 19.4 Å². The summed E-state index contributed by atoms with van der Waals surface area (Å²) in [4.78, 5) is 36.9. The number of nitrogens with two attached hydrogens (primary N) is 1. The summed E-state index contributed by atoms with van der Waals surface area (Å²) in [7, 11) is 1.73. The number of hydrogen-bond acceptors (Lipinski definition) is 5. The number of rotatable bonds is 1. The van der Waals surface area contributed by atoms with E-state index in [9.17, 15) is 19.5 Å². The number of hydrogen-bond donors (Lipinski definition) is 3. The Kier molecular flexibility index (Phi) is 6.80. The van der Waals surface area contributed by atoms with Crippen molar-refractivity contribution >= 4 is 17.5 Å². The Morgan fingerprint density at radius 2 is 2.00 bits per heavy atom. The van der Waals surface area contributed by atoms with Crippen LogP contribution in [-0.2, 0) is 4.79 Å². The van der Waals surface area contributed by atoms with E-state index in [1.54, 1.807) is 37.9 Å². The number of anilines is 1. The second-order valence-electron chi connectivity index (χ2n) is 6.85. The molecule has 1 aromatic heterocycles. The Balaban J connectivity index is 0.000000253. The second kappa shape index (κ2) is 9.08. The molecule has 1 aliphatic heterocycles. The van der Waals surface area contributed by atoms with Gasteiger partial charge in [-0.25, -0.2) is 0 Å². The zero-order chi connectivity index (χ0) is 21.6. The van der Waals surface area contributed by atoms with Gasteiger partial charge in [0.1, 0.15) is 17.0 Å². The van der Waals surface area contributed by atoms with Gasteiger partial charge in [-0.05, 0) is 32.0 Å². The highest BCUT2D eigenvalue weighted by Crippen LogP contribution is 2.31. The lowest BCUT2D eigenvalue weighted by Crippen LogP contribution is -2.25. The minimum absolute atomic E-state index is 0.0198. The molecule has 0 spiro atoms. The summed E-state index contributed by atoms with van der Waals surface area (Å²) in [5, 5.41) is 9.59. The van der Waals surface area contributed by atoms with E-state index in [0.717, 1.165) is 11.6 Å². The van der Waals surface area contributed by atoms with E-state index in [0.29, 0.717) is 24.5 Å². The van der Waals surface area contributed by atoms with Crippen LogP contribution in [0.25, 0.3) is 0 Å². The fraction of sp³-hybridized carbons (Fsp3) is 0.286. The van der Waals surface area contributed by atoms with Crippen LogP contribution in [0.2, 0.25) is 0 Å². The molecule has 0 fully saturated rings. The van der Waals surface area contributed by atoms with Crippen LogP contribution >= 0.6 is 0 Å². The van der Waals surface area contributed by atoms with Crippen molar-refractivity contribution in [3.63, 3.8) is 0 Å². The fourth-order valence-electron chi connectivity index (χ4n) is 2.34. The Morgan fingerprint density at radius 1 is 1.28 bits per heavy atom. The topological polar surface area (TPSA) is 126 Å². The molecule has 1 aromatic carbocycles. The number of pyridine rings is 1. The average molecular weight is 397 g/mol. The van der Waals surface area contributed by atoms with Crippen molar-refractivity contribution in [1.29, 1.82) is 0 Å². The molecule has 29 heavy (non-hydrogen) atoms. The molecule has 3 rings (SSSR count). The summed E-state index contributed by atoms with van der Waals surface area (Å²) >= 11 is 0. The molecule has 0 saturated heterocycles. The van der Waals surface area contributed by atoms with Crippen molar-refractivity contribution in [2.75, 3.05) is 18.6 Å². The van der Waals surface area contributed by atoms with Gasteiger partial charge < -0.3 is 25.5 Å². The molecule has 8 nitrogen and oxygen atoms in total. The van der Waals surface area contributed by atoms with E-state index in [4.69, 9.17) is 10.5 Å². The monoisotopic (exact) mass is 397 g/mol. The van der Waals surface area contributed by atoms with Crippen LogP contribution in [0.4, 0.5) is 5.69 Å². The van der Waals surface area contributed by atoms with Gasteiger partial charge in [0.15, 0.2) is 5.43 Å². The number of carbonyl (C=O) groups excluding carboxylic acids is 2. The molecule has 1 aliphatic rings. The SMILES string of the molecule is CN1C(=O)CCOc2ccc(C#CC(C)(C)O)cc21.NC(=O)c1cc(=O)cc[nH]1. The number of benzene rings is 1. The van der Waals surface area contributed by atoms with Crippen LogP contribution in [-0.4, -0.2) is 41.2 Å². The van der Waals surface area contributed by atoms with Gasteiger partial charge >= 0.3 is 0 Å². The van der Waals surface area contributed by atoms with Crippen molar-refractivity contribution in [2.24, 2.45) is 5.73 Å². The number of amides is 2. The molecule has 0 saturated carbocycles. The van der Waals surface area contributed by atoms with Crippen LogP contribution in [0.1, 0.15) is 36.3 Å². The standard InChI is InChI=1S/C15H17NO3.C6H6N2O2/c1-15(2,18)8-6-11-4-5-13-12(10-11)16(3)14(17)7-9-19-13;7-6(10)5-3-4(9)1-2-8-5/h4-5,10,18H,7,9H2,1-3H3;1-3H,(H2,7,10)(H,8,9). The van der Waals surface area contributed by atoms with Crippen LogP contribution in [0.3, 0.4) is 0 Å². The summed E-state index contributed by atoms with van der Waals surface area (Å²) < 4.78 is 5.53. The maximum atomic E-state index is 11.8. The zero-order valence-corrected chi connectivity index (χ0v) is 16.5. The third-order valence-electron chi connectivity index (χ3n) is 3.82. The van der Waals surface area contributed by atoms with E-state index >= 15 is 0 Å². The third-order valence-corrected chi connectivity index (χ3v) is 3.82. The first-order chi connectivity index (χ1) is 13.6. The molecule has 0 aliphatic carbocycles. The Labute approximate surface area is 168 Å². The van der Waals surface area contributed by atoms with Gasteiger partial charge in [0.2, 0.25) is 5.91 Å². The maximum absolute atomic E-state index is 11.8. The van der Waals surface area contributed by atoms with Gasteiger partial charge in [0.05, 0.1) is 18.7 Å². The van der Waals surface area contributed by atoms with Gasteiger partial charge in [-0.1, -0.05) is 11.8 Å². The molecule has 4 N–H and O–H groups in total. The lowest BCUT2D eigenvalue weighted by atomic mass is 10.1. The molecule has 8 heteroatoms. The average Bonchev–Trinajstić information content (AvgIpc) is 2.79. The first-order valence-electron chi connectivity index (χ1n) is 8.84. The Bertz CT molecular complexity index is 1020. The number of primary amides is 1. The van der Waals surface area contributed by atoms with E-state index < -0.39 is 11.5 Å². The summed E-state index contributed by atoms with van der Waals surface area (Å²) in [5.74, 6) is 5.72. The smallest absolute Gasteiger partial charge is 0.265 e. The van der Waals surface area contributed by atoms with Gasteiger partial charge in [-0.2, -0.15) is 0 Å². The molecule has 2 aromatic rings. The summed E-state index contributed by atoms with van der Waals surface area (Å²) in [6, 6.07) is 7.89. The van der Waals surface area contributed by atoms with E-state index in [1.807, 2.05) is 6.07 Å². The number of fused-ring (bicyclic) bond motifs is 1. The maximum Gasteiger partial charge on any atom is 0.265 e. The predicted molar refractivity (Wildman–Crippen MR) is 109 cm³/mol. The number of H-pyrrole nitrogens is 1. The first-order valence-corrected chi connectivity index (χ1v) is 8.84. The zero-order valence-electron chi connectivity index (χ0n) is 16.5. The second-order valence-corrected chi connectivity index (χ2v) is 6.85. The third kappa shape index (κ3) is 6.52. The highest BCUT2D eigenvalue weighted by molar-refractivity contribution is 5.95. The number of nitrogens with one attached hydrogen (secondary N) is 1. The first kappa shape index (κ1) is 21.7. The van der Waals surface area contributed by atoms with Gasteiger partial charge in [-0.15, -0.1) is 0 Å². The van der Waals surface area contributed by atoms with Crippen molar-refractivity contribution in [3.8, 4) is 17.6 Å². The lowest BCUT2D eigenvalue weighted by molar-refractivity contribution is -0.118. The summed E-state index contributed by atoms with van der Waals surface area (Å²) in [6.07, 6.45) is 1.75. The summed E-state index contributed by atoms with van der Waals surface area (Å²) in [5.41, 5.74) is 5.19. The molecule has 0 unspecified atom stereocenters. The van der Waals surface area contributed by atoms with E-state index in [2.05, 4.69) is 16.8 Å². The van der Waals surface area contributed by atoms with Crippen molar-refractivity contribution in [2.45, 2.75) is 25.9 Å². The molecular weight excluding hydrogens is 374 g/mol. The van der Waals surface area contributed by atoms with Crippen LogP contribution in [0.15, 0.2) is 41.3 Å². The number of nitrogens with zero attached hydrogens (tertiary/aromatic N) is 1. The molecule has 0 atom stereocenters. The molecular formula is C21H23N3O5. The molecule has 152 valence electrons. The van der Waals surface area contributed by atoms with Gasteiger partial charge in [0, 0.05) is 30.9 Å². The lowest BCUT2D eigenvalue weighted by Gasteiger charge is -2.16. The predicted octanol–water partition coefficient (Wildman–Crippen LogP) is 1.03. The Hall–Kier alpha value is -3.57. The van der Waals surface area contributed by atoms with Gasteiger partial charge in [0.25, 0.3) is 5.91 Å². The summed E-state index contributed by atoms with van der Waals surface area (Å²) in [6.45, 7) is 3.65. The quantitative estimate of drug-likeness (QED) is 0.620. The minimum Gasteiger partial charge on any atom is -0.491 e. The number of aromatic nitrogens is 1. The highest BCUT2D eigenvalue weighted by Gasteiger charge is 2.20. The van der Waals surface area contributed by atoms with Gasteiger partial charge in [-0.3, -0.25) is 14.4 Å². The van der Waals surface area contributed by atoms with Crippen molar-refractivity contribution in [1.82, 2.24) is 4.98 Å². The number of carbonyl (C=O) groups is 2. The molecule has 2 amide bonds. The Morgan fingerprint density at radius 3 is 2.59 bits per heavy atom. The number of aliphatic hydroxyl groups is 1. The fourth-order valence-corrected chi connectivity index (χ4v) is 2.34. The normalized spacial score (nSPS) is 13.0. The highest BCUT2D eigenvalue weighted by atomic mass is 16.5.